The van der Waals surface area contributed by atoms with Crippen molar-refractivity contribution in [1.82, 2.24) is 0 Å². The third kappa shape index (κ3) is 1.60. The zero-order valence-electron chi connectivity index (χ0n) is 12.7. The molecule has 0 aliphatic heterocycles. The van der Waals surface area contributed by atoms with Gasteiger partial charge in [-0.1, -0.05) is 32.9 Å². The van der Waals surface area contributed by atoms with Crippen molar-refractivity contribution >= 4 is 11.9 Å². The molecule has 0 unspecified atom stereocenters. The van der Waals surface area contributed by atoms with Crippen LogP contribution in [0.2, 0.25) is 0 Å². The molecular formula is C18H22O2. The molecule has 0 aromatic heterocycles. The Labute approximate surface area is 120 Å². The quantitative estimate of drug-likeness (QED) is 0.756. The van der Waals surface area contributed by atoms with Gasteiger partial charge in [-0.3, -0.25) is 4.79 Å². The van der Waals surface area contributed by atoms with E-state index in [1.165, 1.54) is 0 Å². The van der Waals surface area contributed by atoms with Crippen LogP contribution in [0.1, 0.15) is 39.2 Å². The van der Waals surface area contributed by atoms with Crippen molar-refractivity contribution in [3.05, 3.63) is 35.4 Å². The number of rotatable bonds is 2. The van der Waals surface area contributed by atoms with Crippen LogP contribution >= 0.6 is 0 Å². The number of fused-ring (bicyclic) bond motifs is 2. The number of ether oxygens (including phenoxy) is 1. The van der Waals surface area contributed by atoms with E-state index in [1.807, 2.05) is 24.3 Å². The smallest absolute Gasteiger partial charge is 0.165 e. The van der Waals surface area contributed by atoms with E-state index in [0.717, 1.165) is 29.7 Å². The van der Waals surface area contributed by atoms with Crippen molar-refractivity contribution in [2.24, 2.45) is 16.7 Å². The second-order valence-corrected chi connectivity index (χ2v) is 6.85. The van der Waals surface area contributed by atoms with Crippen molar-refractivity contribution in [2.75, 3.05) is 7.11 Å². The first kappa shape index (κ1) is 13.4. The normalized spacial score (nSPS) is 32.9. The molecule has 2 heteroatoms. The largest absolute Gasteiger partial charge is 0.497 e. The summed E-state index contributed by atoms with van der Waals surface area (Å²) in [5.74, 6) is 1.61. The molecule has 2 bridgehead atoms. The second-order valence-electron chi connectivity index (χ2n) is 6.85. The molecule has 106 valence electrons. The SMILES string of the molecule is COc1ccc(/C=C2\C(=O)[C@@]3(C)CC[C@H]2C3(C)C)cc1. The Morgan fingerprint density at radius 2 is 1.85 bits per heavy atom. The first-order chi connectivity index (χ1) is 9.40. The number of carbonyl (C=O) groups is 1. The minimum atomic E-state index is -0.171. The number of allylic oxidation sites excluding steroid dienone is 1. The van der Waals surface area contributed by atoms with Crippen LogP contribution in [0.4, 0.5) is 0 Å². The number of ketones is 1. The van der Waals surface area contributed by atoms with Gasteiger partial charge < -0.3 is 4.74 Å². The van der Waals surface area contributed by atoms with E-state index in [-0.39, 0.29) is 10.8 Å². The Kier molecular flexibility index (Phi) is 2.82. The maximum atomic E-state index is 12.7. The van der Waals surface area contributed by atoms with Gasteiger partial charge in [-0.15, -0.1) is 0 Å². The molecule has 3 rings (SSSR count). The molecule has 2 aliphatic rings. The van der Waals surface area contributed by atoms with Gasteiger partial charge in [-0.25, -0.2) is 0 Å². The van der Waals surface area contributed by atoms with Crippen molar-refractivity contribution in [2.45, 2.75) is 33.6 Å². The Hall–Kier alpha value is -1.57. The van der Waals surface area contributed by atoms with Crippen LogP contribution in [0, 0.1) is 16.7 Å². The van der Waals surface area contributed by atoms with Crippen LogP contribution in [0.15, 0.2) is 29.8 Å². The number of benzene rings is 1. The lowest BCUT2D eigenvalue weighted by atomic mass is 9.70. The fourth-order valence-electron chi connectivity index (χ4n) is 3.97. The zero-order chi connectivity index (χ0) is 14.5. The van der Waals surface area contributed by atoms with E-state index in [4.69, 9.17) is 4.74 Å². The van der Waals surface area contributed by atoms with Gasteiger partial charge in [0.2, 0.25) is 0 Å². The molecule has 1 aromatic carbocycles. The lowest BCUT2D eigenvalue weighted by molar-refractivity contribution is -0.125. The van der Waals surface area contributed by atoms with Gasteiger partial charge in [0.15, 0.2) is 5.78 Å². The molecular weight excluding hydrogens is 248 g/mol. The molecule has 0 amide bonds. The fourth-order valence-corrected chi connectivity index (χ4v) is 3.97. The number of Topliss-reactive ketones (excluding diaryl/α,β-unsaturated/α-hetero) is 1. The van der Waals surface area contributed by atoms with Gasteiger partial charge in [-0.05, 0) is 53.5 Å². The van der Waals surface area contributed by atoms with E-state index in [0.29, 0.717) is 11.7 Å². The lowest BCUT2D eigenvalue weighted by Crippen LogP contribution is -2.32. The van der Waals surface area contributed by atoms with Gasteiger partial charge in [0.05, 0.1) is 7.11 Å². The van der Waals surface area contributed by atoms with Gasteiger partial charge in [0.25, 0.3) is 0 Å². The predicted octanol–water partition coefficient (Wildman–Crippen LogP) is 4.10. The molecule has 0 saturated heterocycles. The second kappa shape index (κ2) is 4.21. The van der Waals surface area contributed by atoms with E-state index in [9.17, 15) is 4.79 Å². The summed E-state index contributed by atoms with van der Waals surface area (Å²) in [4.78, 5) is 12.7. The maximum Gasteiger partial charge on any atom is 0.165 e. The number of methoxy groups -OCH3 is 1. The van der Waals surface area contributed by atoms with Crippen molar-refractivity contribution in [3.63, 3.8) is 0 Å². The molecule has 2 saturated carbocycles. The summed E-state index contributed by atoms with van der Waals surface area (Å²) in [6.45, 7) is 6.64. The molecule has 2 atom stereocenters. The van der Waals surface area contributed by atoms with E-state index >= 15 is 0 Å². The molecule has 20 heavy (non-hydrogen) atoms. The minimum absolute atomic E-state index is 0.0857. The van der Waals surface area contributed by atoms with Gasteiger partial charge in [0.1, 0.15) is 5.75 Å². The van der Waals surface area contributed by atoms with Gasteiger partial charge >= 0.3 is 0 Å². The van der Waals surface area contributed by atoms with Gasteiger partial charge in [-0.2, -0.15) is 0 Å². The van der Waals surface area contributed by atoms with Crippen molar-refractivity contribution in [3.8, 4) is 5.75 Å². The monoisotopic (exact) mass is 270 g/mol. The van der Waals surface area contributed by atoms with Crippen molar-refractivity contribution < 1.29 is 9.53 Å². The third-order valence-electron chi connectivity index (χ3n) is 5.80. The van der Waals surface area contributed by atoms with Crippen LogP contribution < -0.4 is 4.74 Å². The standard InChI is InChI=1S/C18H22O2/c1-17(2)15-9-10-18(17,3)16(19)14(15)11-12-5-7-13(20-4)8-6-12/h5-8,11,15H,9-10H2,1-4H3/b14-11-/t15-,18-/m1/s1. The highest BCUT2D eigenvalue weighted by atomic mass is 16.5. The summed E-state index contributed by atoms with van der Waals surface area (Å²) in [5, 5.41) is 0. The Balaban J connectivity index is 1.99. The summed E-state index contributed by atoms with van der Waals surface area (Å²) in [6, 6.07) is 7.91. The topological polar surface area (TPSA) is 26.3 Å². The molecule has 2 nitrogen and oxygen atoms in total. The van der Waals surface area contributed by atoms with E-state index in [2.05, 4.69) is 26.8 Å². The first-order valence-electron chi connectivity index (χ1n) is 7.30. The summed E-state index contributed by atoms with van der Waals surface area (Å²) >= 11 is 0. The number of carbonyl (C=O) groups excluding carboxylic acids is 1. The first-order valence-corrected chi connectivity index (χ1v) is 7.30. The Bertz CT molecular complexity index is 580. The molecule has 0 heterocycles. The Morgan fingerprint density at radius 1 is 1.20 bits per heavy atom. The lowest BCUT2D eigenvalue weighted by Gasteiger charge is -2.31. The highest BCUT2D eigenvalue weighted by molar-refractivity contribution is 6.07. The zero-order valence-corrected chi connectivity index (χ0v) is 12.7. The maximum absolute atomic E-state index is 12.7. The molecule has 0 radical (unpaired) electrons. The van der Waals surface area contributed by atoms with Crippen molar-refractivity contribution in [1.29, 1.82) is 0 Å². The average Bonchev–Trinajstić information content (AvgIpc) is 2.74. The van der Waals surface area contributed by atoms with Crippen LogP contribution in [-0.4, -0.2) is 12.9 Å². The number of hydrogen-bond acceptors (Lipinski definition) is 2. The minimum Gasteiger partial charge on any atom is -0.497 e. The highest BCUT2D eigenvalue weighted by Gasteiger charge is 2.63. The van der Waals surface area contributed by atoms with Crippen LogP contribution in [0.25, 0.3) is 6.08 Å². The highest BCUT2D eigenvalue weighted by Crippen LogP contribution is 2.65. The molecule has 1 aromatic rings. The van der Waals surface area contributed by atoms with Gasteiger partial charge in [0, 0.05) is 5.41 Å². The summed E-state index contributed by atoms with van der Waals surface area (Å²) < 4.78 is 5.17. The molecule has 2 aliphatic carbocycles. The summed E-state index contributed by atoms with van der Waals surface area (Å²) in [6.07, 6.45) is 4.25. The molecule has 2 fully saturated rings. The van der Waals surface area contributed by atoms with E-state index < -0.39 is 0 Å². The summed E-state index contributed by atoms with van der Waals surface area (Å²) in [7, 11) is 1.66. The fraction of sp³-hybridized carbons (Fsp3) is 0.500. The van der Waals surface area contributed by atoms with E-state index in [1.54, 1.807) is 7.11 Å². The van der Waals surface area contributed by atoms with Crippen LogP contribution in [0.3, 0.4) is 0 Å². The predicted molar refractivity (Wildman–Crippen MR) is 80.6 cm³/mol. The van der Waals surface area contributed by atoms with Crippen LogP contribution in [-0.2, 0) is 4.79 Å². The number of hydrogen-bond donors (Lipinski definition) is 0. The van der Waals surface area contributed by atoms with Crippen LogP contribution in [0.5, 0.6) is 5.75 Å². The third-order valence-corrected chi connectivity index (χ3v) is 5.80. The summed E-state index contributed by atoms with van der Waals surface area (Å²) in [5.41, 5.74) is 2.02. The molecule has 0 N–H and O–H groups in total. The Morgan fingerprint density at radius 3 is 2.35 bits per heavy atom. The average molecular weight is 270 g/mol. The molecule has 0 spiro atoms.